The van der Waals surface area contributed by atoms with Crippen LogP contribution in [0, 0.1) is 6.92 Å². The molecule has 4 rings (SSSR count). The molecule has 0 fully saturated rings. The number of hydrogen-bond acceptors (Lipinski definition) is 6. The molecule has 0 saturated heterocycles. The molecule has 0 bridgehead atoms. The first-order chi connectivity index (χ1) is 13.5. The Labute approximate surface area is 171 Å². The van der Waals surface area contributed by atoms with E-state index in [4.69, 9.17) is 0 Å². The highest BCUT2D eigenvalue weighted by atomic mass is 32.2. The topological polar surface area (TPSA) is 59.0 Å². The Kier molecular flexibility index (Phi) is 5.28. The molecule has 142 valence electrons. The van der Waals surface area contributed by atoms with Crippen molar-refractivity contribution in [3.05, 3.63) is 59.4 Å². The van der Waals surface area contributed by atoms with Crippen molar-refractivity contribution in [1.82, 2.24) is 19.9 Å². The highest BCUT2D eigenvalue weighted by Gasteiger charge is 2.21. The summed E-state index contributed by atoms with van der Waals surface area (Å²) in [5, 5.41) is 2.77. The van der Waals surface area contributed by atoms with Gasteiger partial charge in [-0.15, -0.1) is 11.3 Å². The summed E-state index contributed by atoms with van der Waals surface area (Å²) in [4.78, 5) is 28.3. The summed E-state index contributed by atoms with van der Waals surface area (Å²) in [5.74, 6) is 1.09. The molecule has 2 heterocycles. The normalized spacial score (nSPS) is 12.4. The van der Waals surface area contributed by atoms with Crippen LogP contribution in [0.25, 0.3) is 21.1 Å². The Morgan fingerprint density at radius 3 is 2.57 bits per heavy atom. The first kappa shape index (κ1) is 18.8. The molecule has 1 amide bonds. The molecule has 0 radical (unpaired) electrons. The predicted octanol–water partition coefficient (Wildman–Crippen LogP) is 4.86. The second-order valence-corrected chi connectivity index (χ2v) is 8.61. The van der Waals surface area contributed by atoms with Gasteiger partial charge < -0.3 is 4.90 Å². The Morgan fingerprint density at radius 1 is 1.07 bits per heavy atom. The summed E-state index contributed by atoms with van der Waals surface area (Å²) in [6.45, 7) is 3.89. The lowest BCUT2D eigenvalue weighted by atomic mass is 10.2. The average molecular weight is 409 g/mol. The largest absolute Gasteiger partial charge is 0.336 e. The van der Waals surface area contributed by atoms with E-state index >= 15 is 0 Å². The van der Waals surface area contributed by atoms with Crippen LogP contribution >= 0.6 is 23.1 Å². The second kappa shape index (κ2) is 7.85. The van der Waals surface area contributed by atoms with Crippen molar-refractivity contribution < 1.29 is 4.79 Å². The zero-order valence-electron chi connectivity index (χ0n) is 15.9. The summed E-state index contributed by atoms with van der Waals surface area (Å²) < 4.78 is 1.14. The van der Waals surface area contributed by atoms with Crippen molar-refractivity contribution in [1.29, 1.82) is 0 Å². The van der Waals surface area contributed by atoms with Gasteiger partial charge in [0.15, 0.2) is 0 Å². The number of carbonyl (C=O) groups is 1. The number of benzene rings is 2. The zero-order chi connectivity index (χ0) is 19.7. The van der Waals surface area contributed by atoms with Crippen molar-refractivity contribution in [3.63, 3.8) is 0 Å². The van der Waals surface area contributed by atoms with E-state index in [-0.39, 0.29) is 11.9 Å². The minimum atomic E-state index is -0.0746. The Bertz CT molecular complexity index is 1120. The fraction of sp³-hybridized carbons (Fsp3) is 0.238. The number of thiazole rings is 1. The van der Waals surface area contributed by atoms with Crippen LogP contribution in [-0.4, -0.2) is 38.6 Å². The number of rotatable bonds is 5. The van der Waals surface area contributed by atoms with Crippen molar-refractivity contribution in [2.24, 2.45) is 0 Å². The average Bonchev–Trinajstić information content (AvgIpc) is 3.14. The number of aryl methyl sites for hydroxylation is 1. The quantitative estimate of drug-likeness (QED) is 0.349. The lowest BCUT2D eigenvalue weighted by Gasteiger charge is -2.23. The van der Waals surface area contributed by atoms with Gasteiger partial charge in [-0.3, -0.25) is 4.79 Å². The van der Waals surface area contributed by atoms with Gasteiger partial charge in [-0.2, -0.15) is 0 Å². The molecule has 0 spiro atoms. The zero-order valence-corrected chi connectivity index (χ0v) is 17.5. The van der Waals surface area contributed by atoms with E-state index in [1.165, 1.54) is 11.8 Å². The first-order valence-corrected chi connectivity index (χ1v) is 10.8. The molecule has 0 aliphatic heterocycles. The van der Waals surface area contributed by atoms with Crippen molar-refractivity contribution >= 4 is 50.1 Å². The molecule has 0 N–H and O–H groups in total. The smallest absolute Gasteiger partial charge is 0.233 e. The van der Waals surface area contributed by atoms with E-state index in [0.29, 0.717) is 11.6 Å². The number of fused-ring (bicyclic) bond motifs is 2. The third-order valence-corrected chi connectivity index (χ3v) is 6.84. The lowest BCUT2D eigenvalue weighted by molar-refractivity contribution is -0.128. The molecular formula is C21H20N4OS2. The summed E-state index contributed by atoms with van der Waals surface area (Å²) in [6, 6.07) is 15.9. The molecule has 5 nitrogen and oxygen atoms in total. The van der Waals surface area contributed by atoms with Crippen LogP contribution in [-0.2, 0) is 4.79 Å². The second-order valence-electron chi connectivity index (χ2n) is 6.58. The minimum absolute atomic E-state index is 0.0529. The van der Waals surface area contributed by atoms with Crippen LogP contribution in [0.15, 0.2) is 53.6 Å². The monoisotopic (exact) mass is 408 g/mol. The van der Waals surface area contributed by atoms with Gasteiger partial charge in [0.2, 0.25) is 5.91 Å². The van der Waals surface area contributed by atoms with Crippen LogP contribution in [0.2, 0.25) is 0 Å². The molecule has 1 atom stereocenters. The Hall–Kier alpha value is -2.51. The molecule has 7 heteroatoms. The van der Waals surface area contributed by atoms with Crippen molar-refractivity contribution in [2.45, 2.75) is 24.9 Å². The summed E-state index contributed by atoms with van der Waals surface area (Å²) in [5.41, 5.74) is 1.88. The van der Waals surface area contributed by atoms with Crippen molar-refractivity contribution in [3.8, 4) is 0 Å². The van der Waals surface area contributed by atoms with Gasteiger partial charge in [-0.1, -0.05) is 42.1 Å². The van der Waals surface area contributed by atoms with E-state index in [1.807, 2.05) is 63.4 Å². The van der Waals surface area contributed by atoms with E-state index in [2.05, 4.69) is 21.0 Å². The third-order valence-electron chi connectivity index (χ3n) is 4.65. The molecule has 28 heavy (non-hydrogen) atoms. The lowest BCUT2D eigenvalue weighted by Crippen LogP contribution is -2.31. The van der Waals surface area contributed by atoms with Crippen LogP contribution in [0.3, 0.4) is 0 Å². The SMILES string of the molecule is Cc1nc(SCC(=O)N(C)[C@H](C)c2nc3ccccc3s2)c2ccccc2n1. The summed E-state index contributed by atoms with van der Waals surface area (Å²) in [7, 11) is 1.84. The molecule has 0 saturated carbocycles. The molecular weight excluding hydrogens is 388 g/mol. The Morgan fingerprint density at radius 2 is 1.79 bits per heavy atom. The van der Waals surface area contributed by atoms with Gasteiger partial charge in [-0.25, -0.2) is 15.0 Å². The van der Waals surface area contributed by atoms with Gasteiger partial charge in [0.05, 0.1) is 27.5 Å². The fourth-order valence-corrected chi connectivity index (χ4v) is 5.00. The van der Waals surface area contributed by atoms with Crippen LogP contribution in [0.5, 0.6) is 0 Å². The number of para-hydroxylation sites is 2. The standard InChI is InChI=1S/C21H20N4OS2/c1-13(20-24-17-10-6-7-11-18(17)28-20)25(3)19(26)12-27-21-15-8-4-5-9-16(15)22-14(2)23-21/h4-11,13H,12H2,1-3H3/t13-/m1/s1. The molecule has 0 aliphatic rings. The minimum Gasteiger partial charge on any atom is -0.336 e. The third kappa shape index (κ3) is 3.72. The van der Waals surface area contributed by atoms with Gasteiger partial charge in [0, 0.05) is 12.4 Å². The number of thioether (sulfide) groups is 1. The summed E-state index contributed by atoms with van der Waals surface area (Å²) >= 11 is 3.10. The molecule has 0 unspecified atom stereocenters. The fourth-order valence-electron chi connectivity index (χ4n) is 2.95. The number of aromatic nitrogens is 3. The maximum Gasteiger partial charge on any atom is 0.233 e. The molecule has 2 aromatic heterocycles. The molecule has 2 aromatic carbocycles. The number of nitrogens with zero attached hydrogens (tertiary/aromatic N) is 4. The number of hydrogen-bond donors (Lipinski definition) is 0. The highest BCUT2D eigenvalue weighted by Crippen LogP contribution is 2.30. The van der Waals surface area contributed by atoms with Crippen LogP contribution in [0.4, 0.5) is 0 Å². The van der Waals surface area contributed by atoms with Crippen LogP contribution < -0.4 is 0 Å². The van der Waals surface area contributed by atoms with E-state index in [9.17, 15) is 4.79 Å². The Balaban J connectivity index is 1.49. The van der Waals surface area contributed by atoms with Gasteiger partial charge in [0.1, 0.15) is 15.9 Å². The maximum absolute atomic E-state index is 12.8. The predicted molar refractivity (Wildman–Crippen MR) is 116 cm³/mol. The van der Waals surface area contributed by atoms with Gasteiger partial charge in [0.25, 0.3) is 0 Å². The maximum atomic E-state index is 12.8. The number of carbonyl (C=O) groups excluding carboxylic acids is 1. The van der Waals surface area contributed by atoms with Gasteiger partial charge >= 0.3 is 0 Å². The number of amides is 1. The van der Waals surface area contributed by atoms with E-state index < -0.39 is 0 Å². The first-order valence-electron chi connectivity index (χ1n) is 9.00. The van der Waals surface area contributed by atoms with E-state index in [0.717, 1.165) is 31.2 Å². The van der Waals surface area contributed by atoms with Crippen molar-refractivity contribution in [2.75, 3.05) is 12.8 Å². The summed E-state index contributed by atoms with van der Waals surface area (Å²) in [6.07, 6.45) is 0. The highest BCUT2D eigenvalue weighted by molar-refractivity contribution is 8.00. The molecule has 0 aliphatic carbocycles. The van der Waals surface area contributed by atoms with E-state index in [1.54, 1.807) is 16.2 Å². The molecule has 4 aromatic rings. The van der Waals surface area contributed by atoms with Gasteiger partial charge in [-0.05, 0) is 32.0 Å². The van der Waals surface area contributed by atoms with Crippen LogP contribution in [0.1, 0.15) is 23.8 Å².